The summed E-state index contributed by atoms with van der Waals surface area (Å²) in [6.07, 6.45) is 0. The van der Waals surface area contributed by atoms with Crippen LogP contribution in [0.4, 0.5) is 5.69 Å². The third kappa shape index (κ3) is 1.55. The van der Waals surface area contributed by atoms with Crippen LogP contribution in [0.3, 0.4) is 0 Å². The number of nitrogens with two attached hydrogens (primary N) is 1. The lowest BCUT2D eigenvalue weighted by atomic mass is 10.2. The van der Waals surface area contributed by atoms with Gasteiger partial charge in [-0.2, -0.15) is 0 Å². The normalized spacial score (nSPS) is 22.8. The second-order valence-electron chi connectivity index (χ2n) is 5.58. The van der Waals surface area contributed by atoms with Crippen LogP contribution in [-0.4, -0.2) is 0 Å². The highest BCUT2D eigenvalue weighted by Crippen LogP contribution is 2.72. The van der Waals surface area contributed by atoms with Crippen LogP contribution < -0.4 is 5.73 Å². The van der Waals surface area contributed by atoms with Crippen LogP contribution in [0.1, 0.15) is 35.6 Å². The molecule has 0 bridgehead atoms. The summed E-state index contributed by atoms with van der Waals surface area (Å²) in [6.45, 7) is 6.66. The monoisotopic (exact) mass is 367 g/mol. The Morgan fingerprint density at radius 1 is 0.762 bits per heavy atom. The molecule has 2 aliphatic rings. The summed E-state index contributed by atoms with van der Waals surface area (Å²) in [5.41, 5.74) is 8.78. The fourth-order valence-corrected chi connectivity index (χ4v) is 11.2. The average Bonchev–Trinajstić information content (AvgIpc) is 3.16. The Balaban J connectivity index is 1.69. The molecule has 0 radical (unpaired) electrons. The molecule has 3 aromatic rings. The molecule has 0 saturated carbocycles. The molecular weight excluding hydrogens is 355 g/mol. The van der Waals surface area contributed by atoms with Crippen molar-refractivity contribution in [3.63, 3.8) is 0 Å². The number of aryl methyl sites for hydroxylation is 3. The van der Waals surface area contributed by atoms with E-state index in [-0.39, 0.29) is 0 Å². The van der Waals surface area contributed by atoms with Crippen molar-refractivity contribution in [1.82, 2.24) is 0 Å². The van der Waals surface area contributed by atoms with Gasteiger partial charge in [0.25, 0.3) is 0 Å². The van der Waals surface area contributed by atoms with Crippen molar-refractivity contribution < 1.29 is 0 Å². The number of hydrogen-bond donors (Lipinski definition) is 1. The van der Waals surface area contributed by atoms with Crippen molar-refractivity contribution in [2.75, 3.05) is 5.73 Å². The van der Waals surface area contributed by atoms with Gasteiger partial charge in [0.1, 0.15) is 0 Å². The Labute approximate surface area is 143 Å². The van der Waals surface area contributed by atoms with Gasteiger partial charge in [-0.05, 0) is 26.3 Å². The van der Waals surface area contributed by atoms with E-state index in [1.807, 2.05) is 45.8 Å². The molecule has 21 heavy (non-hydrogen) atoms. The smallest absolute Gasteiger partial charge is 0.0623 e. The van der Waals surface area contributed by atoms with Crippen LogP contribution in [-0.2, 0) is 0 Å². The highest BCUT2D eigenvalue weighted by atomic mass is 32.2. The fourth-order valence-electron chi connectivity index (χ4n) is 3.07. The summed E-state index contributed by atoms with van der Waals surface area (Å²) in [7, 11) is 0. The highest BCUT2D eigenvalue weighted by molar-refractivity contribution is 8.05. The first kappa shape index (κ1) is 13.3. The van der Waals surface area contributed by atoms with Gasteiger partial charge >= 0.3 is 0 Å². The number of fused-ring (bicyclic) bond motifs is 7. The predicted octanol–water partition coefficient (Wildman–Crippen LogP) is 6.53. The van der Waals surface area contributed by atoms with Crippen LogP contribution in [0.2, 0.25) is 0 Å². The number of nitrogen functional groups attached to an aromatic ring is 1. The molecule has 0 amide bonds. The van der Waals surface area contributed by atoms with Crippen LogP contribution in [0.5, 0.6) is 0 Å². The van der Waals surface area contributed by atoms with Crippen molar-refractivity contribution >= 4 is 72.6 Å². The SMILES string of the molecule is Cc1sc2c(c1N)SC1c3sc4c(C)c(C)sc4c3SC21. The molecule has 3 aromatic heterocycles. The van der Waals surface area contributed by atoms with E-state index in [2.05, 4.69) is 32.5 Å². The Morgan fingerprint density at radius 3 is 2.19 bits per heavy atom. The maximum atomic E-state index is 6.26. The molecule has 2 unspecified atom stereocenters. The van der Waals surface area contributed by atoms with Gasteiger partial charge in [-0.1, -0.05) is 0 Å². The summed E-state index contributed by atoms with van der Waals surface area (Å²) in [5.74, 6) is 0. The first-order chi connectivity index (χ1) is 10.1. The highest BCUT2D eigenvalue weighted by Gasteiger charge is 2.46. The molecule has 108 valence electrons. The first-order valence-electron chi connectivity index (χ1n) is 6.80. The Morgan fingerprint density at radius 2 is 1.43 bits per heavy atom. The lowest BCUT2D eigenvalue weighted by molar-refractivity contribution is 0.983. The van der Waals surface area contributed by atoms with Crippen molar-refractivity contribution in [3.05, 3.63) is 25.1 Å². The Kier molecular flexibility index (Phi) is 2.68. The van der Waals surface area contributed by atoms with E-state index in [4.69, 9.17) is 5.73 Å². The van der Waals surface area contributed by atoms with Crippen LogP contribution >= 0.6 is 57.5 Å². The molecule has 2 N–H and O–H groups in total. The zero-order chi connectivity index (χ0) is 14.5. The summed E-state index contributed by atoms with van der Waals surface area (Å²) in [6, 6.07) is 0. The maximum absolute atomic E-state index is 6.26. The summed E-state index contributed by atoms with van der Waals surface area (Å²) >= 11 is 10.0. The number of hydrogen-bond acceptors (Lipinski definition) is 6. The molecular formula is C15H13NS5. The minimum absolute atomic E-state index is 0.596. The van der Waals surface area contributed by atoms with E-state index >= 15 is 0 Å². The van der Waals surface area contributed by atoms with Crippen molar-refractivity contribution in [1.29, 1.82) is 0 Å². The molecule has 0 aliphatic carbocycles. The minimum Gasteiger partial charge on any atom is -0.397 e. The standard InChI is InChI=1S/C15H13NS5/c1-4-5(2)17-10-8(4)19-14-12(10)21-13-11-9(20-15(13)14)7(16)6(3)18-11/h13,15H,16H2,1-3H3. The largest absolute Gasteiger partial charge is 0.397 e. The molecule has 1 nitrogen and oxygen atoms in total. The van der Waals surface area contributed by atoms with Gasteiger partial charge < -0.3 is 5.73 Å². The molecule has 0 spiro atoms. The summed E-state index contributed by atoms with van der Waals surface area (Å²) in [4.78, 5) is 8.81. The Hall–Kier alpha value is -0.140. The van der Waals surface area contributed by atoms with Gasteiger partial charge in [-0.25, -0.2) is 0 Å². The van der Waals surface area contributed by atoms with Crippen molar-refractivity contribution in [3.8, 4) is 0 Å². The number of rotatable bonds is 0. The van der Waals surface area contributed by atoms with Gasteiger partial charge in [-0.3, -0.25) is 0 Å². The van der Waals surface area contributed by atoms with Crippen molar-refractivity contribution in [2.45, 2.75) is 41.1 Å². The third-order valence-corrected chi connectivity index (χ3v) is 12.0. The molecule has 2 aliphatic heterocycles. The maximum Gasteiger partial charge on any atom is 0.0623 e. The molecule has 0 saturated heterocycles. The molecule has 6 heteroatoms. The van der Waals surface area contributed by atoms with Crippen molar-refractivity contribution in [2.24, 2.45) is 0 Å². The molecule has 5 heterocycles. The van der Waals surface area contributed by atoms with Crippen LogP contribution in [0.15, 0.2) is 9.79 Å². The molecule has 5 rings (SSSR count). The molecule has 2 atom stereocenters. The van der Waals surface area contributed by atoms with E-state index in [0.717, 1.165) is 5.69 Å². The number of thioether (sulfide) groups is 2. The third-order valence-electron chi connectivity index (χ3n) is 4.36. The van der Waals surface area contributed by atoms with Crippen LogP contribution in [0, 0.1) is 20.8 Å². The van der Waals surface area contributed by atoms with E-state index in [1.54, 1.807) is 9.77 Å². The van der Waals surface area contributed by atoms with E-state index in [9.17, 15) is 0 Å². The van der Waals surface area contributed by atoms with E-state index in [1.165, 1.54) is 34.5 Å². The number of thiophene rings is 3. The quantitative estimate of drug-likeness (QED) is 0.489. The van der Waals surface area contributed by atoms with E-state index in [0.29, 0.717) is 10.5 Å². The summed E-state index contributed by atoms with van der Waals surface area (Å²) < 4.78 is 3.06. The molecule has 0 aromatic carbocycles. The van der Waals surface area contributed by atoms with E-state index < -0.39 is 0 Å². The van der Waals surface area contributed by atoms with Gasteiger partial charge in [0.2, 0.25) is 0 Å². The van der Waals surface area contributed by atoms with Crippen LogP contribution in [0.25, 0.3) is 9.40 Å². The Bertz CT molecular complexity index is 913. The second-order valence-corrected chi connectivity index (χ2v) is 11.4. The van der Waals surface area contributed by atoms with Gasteiger partial charge in [0.05, 0.1) is 20.9 Å². The zero-order valence-electron chi connectivity index (χ0n) is 11.8. The molecule has 0 fully saturated rings. The predicted molar refractivity (Wildman–Crippen MR) is 99.8 cm³/mol. The lowest BCUT2D eigenvalue weighted by Gasteiger charge is -2.07. The van der Waals surface area contributed by atoms with Gasteiger partial charge in [-0.15, -0.1) is 57.5 Å². The number of anilines is 1. The summed E-state index contributed by atoms with van der Waals surface area (Å²) in [5, 5.41) is 1.19. The van der Waals surface area contributed by atoms with Gasteiger partial charge in [0, 0.05) is 34.0 Å². The fraction of sp³-hybridized carbons (Fsp3) is 0.333. The second kappa shape index (κ2) is 4.23. The zero-order valence-corrected chi connectivity index (χ0v) is 15.9. The first-order valence-corrected chi connectivity index (χ1v) is 11.0. The lowest BCUT2D eigenvalue weighted by Crippen LogP contribution is -1.88. The van der Waals surface area contributed by atoms with Gasteiger partial charge in [0.15, 0.2) is 0 Å². The average molecular weight is 368 g/mol. The topological polar surface area (TPSA) is 26.0 Å². The minimum atomic E-state index is 0.596.